The van der Waals surface area contributed by atoms with Gasteiger partial charge in [0.15, 0.2) is 5.78 Å². The Labute approximate surface area is 236 Å². The van der Waals surface area contributed by atoms with Crippen LogP contribution in [0.4, 0.5) is 0 Å². The first kappa shape index (κ1) is 31.6. The Morgan fingerprint density at radius 3 is 2.15 bits per heavy atom. The second-order valence-electron chi connectivity index (χ2n) is 12.4. The van der Waals surface area contributed by atoms with Crippen LogP contribution in [0.25, 0.3) is 0 Å². The maximum absolute atomic E-state index is 13.0. The molecule has 0 radical (unpaired) electrons. The zero-order valence-corrected chi connectivity index (χ0v) is 24.7. The molecule has 0 bridgehead atoms. The first-order chi connectivity index (χ1) is 18.8. The molecular weight excluding hydrogens is 492 g/mol. The molecule has 0 spiro atoms. The highest BCUT2D eigenvalue weighted by Gasteiger charge is 2.34. The lowest BCUT2D eigenvalue weighted by molar-refractivity contribution is -0.158. The van der Waals surface area contributed by atoms with Gasteiger partial charge < -0.3 is 14.2 Å². The number of esters is 2. The molecule has 6 heteroatoms. The van der Waals surface area contributed by atoms with E-state index in [1.54, 1.807) is 0 Å². The largest absolute Gasteiger partial charge is 0.463 e. The molecule has 39 heavy (non-hydrogen) atoms. The van der Waals surface area contributed by atoms with Crippen LogP contribution in [0.2, 0.25) is 0 Å². The number of hydrogen-bond donors (Lipinski definition) is 0. The lowest BCUT2D eigenvalue weighted by atomic mass is 9.72. The van der Waals surface area contributed by atoms with Crippen molar-refractivity contribution in [3.63, 3.8) is 0 Å². The van der Waals surface area contributed by atoms with Gasteiger partial charge in [-0.2, -0.15) is 0 Å². The van der Waals surface area contributed by atoms with Crippen LogP contribution in [0.3, 0.4) is 0 Å². The topological polar surface area (TPSA) is 78.9 Å². The minimum Gasteiger partial charge on any atom is -0.463 e. The van der Waals surface area contributed by atoms with Crippen LogP contribution in [-0.4, -0.2) is 43.1 Å². The third-order valence-corrected chi connectivity index (χ3v) is 9.10. The zero-order valence-electron chi connectivity index (χ0n) is 24.7. The molecule has 0 aromatic carbocycles. The number of allylic oxidation sites excluding steroid dienone is 2. The van der Waals surface area contributed by atoms with Gasteiger partial charge in [-0.05, 0) is 107 Å². The van der Waals surface area contributed by atoms with E-state index in [-0.39, 0.29) is 36.0 Å². The Morgan fingerprint density at radius 2 is 1.51 bits per heavy atom. The second kappa shape index (κ2) is 16.3. The van der Waals surface area contributed by atoms with Gasteiger partial charge >= 0.3 is 11.9 Å². The van der Waals surface area contributed by atoms with Crippen molar-refractivity contribution in [1.82, 2.24) is 0 Å². The summed E-state index contributed by atoms with van der Waals surface area (Å²) < 4.78 is 17.0. The molecule has 0 aliphatic heterocycles. The Morgan fingerprint density at radius 1 is 0.872 bits per heavy atom. The summed E-state index contributed by atoms with van der Waals surface area (Å²) in [7, 11) is 0. The van der Waals surface area contributed by atoms with Crippen molar-refractivity contribution in [1.29, 1.82) is 0 Å². The number of ketones is 1. The summed E-state index contributed by atoms with van der Waals surface area (Å²) in [4.78, 5) is 36.9. The molecule has 3 saturated carbocycles. The molecule has 3 aliphatic carbocycles. The fraction of sp³-hybridized carbons (Fsp3) is 0.788. The average Bonchev–Trinajstić information content (AvgIpc) is 2.93. The van der Waals surface area contributed by atoms with Gasteiger partial charge in [-0.1, -0.05) is 39.8 Å². The highest BCUT2D eigenvalue weighted by molar-refractivity contribution is 5.98. The lowest BCUT2D eigenvalue weighted by Crippen LogP contribution is -2.32. The third-order valence-electron chi connectivity index (χ3n) is 9.10. The quantitative estimate of drug-likeness (QED) is 0.139. The van der Waals surface area contributed by atoms with Crippen molar-refractivity contribution in [3.05, 3.63) is 24.3 Å². The van der Waals surface area contributed by atoms with Gasteiger partial charge in [-0.15, -0.1) is 0 Å². The summed E-state index contributed by atoms with van der Waals surface area (Å²) in [6.45, 7) is 11.1. The number of carbonyl (C=O) groups is 3. The van der Waals surface area contributed by atoms with E-state index in [1.165, 1.54) is 6.08 Å². The van der Waals surface area contributed by atoms with Crippen LogP contribution < -0.4 is 0 Å². The van der Waals surface area contributed by atoms with Crippen LogP contribution in [0, 0.1) is 29.6 Å². The van der Waals surface area contributed by atoms with E-state index in [0.717, 1.165) is 102 Å². The highest BCUT2D eigenvalue weighted by Crippen LogP contribution is 2.37. The molecule has 3 fully saturated rings. The molecule has 3 rings (SSSR count). The summed E-state index contributed by atoms with van der Waals surface area (Å²) in [6.07, 6.45) is 17.1. The van der Waals surface area contributed by atoms with Crippen molar-refractivity contribution in [3.8, 4) is 0 Å². The standard InChI is InChI=1S/C33H52O6/c1-5-31(34)38-21-9-7-6-8-20-37-27-17-13-26(14-18-27)33(36)39-28-15-11-25(12-16-28)22-30-24(4)10-19-29(23(2)3)32(30)35/h5,22-29H,1,6-21H2,2-4H3/b30-22+. The molecule has 0 heterocycles. The van der Waals surface area contributed by atoms with E-state index < -0.39 is 0 Å². The molecule has 0 saturated heterocycles. The number of unbranched alkanes of at least 4 members (excludes halogenated alkanes) is 3. The summed E-state index contributed by atoms with van der Waals surface area (Å²) in [6, 6.07) is 0. The van der Waals surface area contributed by atoms with Gasteiger partial charge in [0.05, 0.1) is 18.6 Å². The van der Waals surface area contributed by atoms with Gasteiger partial charge in [-0.3, -0.25) is 9.59 Å². The molecule has 0 amide bonds. The molecule has 0 aromatic heterocycles. The summed E-state index contributed by atoms with van der Waals surface area (Å²) in [5, 5.41) is 0. The Kier molecular flexibility index (Phi) is 13.2. The first-order valence-electron chi connectivity index (χ1n) is 15.7. The van der Waals surface area contributed by atoms with Crippen LogP contribution in [-0.2, 0) is 28.6 Å². The molecule has 2 atom stereocenters. The third kappa shape index (κ3) is 10.2. The van der Waals surface area contributed by atoms with Crippen molar-refractivity contribution in [2.75, 3.05) is 13.2 Å². The van der Waals surface area contributed by atoms with E-state index in [1.807, 2.05) is 0 Å². The van der Waals surface area contributed by atoms with Crippen molar-refractivity contribution >= 4 is 17.7 Å². The number of ether oxygens (including phenoxy) is 3. The van der Waals surface area contributed by atoms with E-state index >= 15 is 0 Å². The Bertz CT molecular complexity index is 829. The Hall–Kier alpha value is -1.95. The minimum absolute atomic E-state index is 0.00311. The van der Waals surface area contributed by atoms with Gasteiger partial charge in [0.1, 0.15) is 6.10 Å². The van der Waals surface area contributed by atoms with Crippen LogP contribution in [0.1, 0.15) is 111 Å². The number of hydrogen-bond acceptors (Lipinski definition) is 6. The summed E-state index contributed by atoms with van der Waals surface area (Å²) in [5.41, 5.74) is 1.06. The first-order valence-corrected chi connectivity index (χ1v) is 15.7. The molecule has 6 nitrogen and oxygen atoms in total. The lowest BCUT2D eigenvalue weighted by Gasteiger charge is -2.33. The molecule has 220 valence electrons. The fourth-order valence-electron chi connectivity index (χ4n) is 6.45. The number of carbonyl (C=O) groups excluding carboxylic acids is 3. The van der Waals surface area contributed by atoms with Crippen LogP contribution in [0.15, 0.2) is 24.3 Å². The van der Waals surface area contributed by atoms with Crippen molar-refractivity contribution in [2.24, 2.45) is 29.6 Å². The smallest absolute Gasteiger partial charge is 0.330 e. The summed E-state index contributed by atoms with van der Waals surface area (Å²) in [5.74, 6) is 1.36. The maximum atomic E-state index is 13.0. The molecule has 0 aromatic rings. The van der Waals surface area contributed by atoms with Gasteiger partial charge in [0.25, 0.3) is 0 Å². The van der Waals surface area contributed by atoms with E-state index in [9.17, 15) is 14.4 Å². The highest BCUT2D eigenvalue weighted by atomic mass is 16.5. The Balaban J connectivity index is 1.28. The van der Waals surface area contributed by atoms with Gasteiger partial charge in [-0.25, -0.2) is 4.79 Å². The number of Topliss-reactive ketones (excluding diaryl/α,β-unsaturated/α-hetero) is 1. The summed E-state index contributed by atoms with van der Waals surface area (Å²) >= 11 is 0. The SMILES string of the molecule is C=CC(=O)OCCCCCCOC1CCC(C(=O)OC2CCC(/C=C3/C(=O)C(C(C)C)CCC3C)CC2)CC1. The monoisotopic (exact) mass is 544 g/mol. The fourth-order valence-corrected chi connectivity index (χ4v) is 6.45. The van der Waals surface area contributed by atoms with Crippen molar-refractivity contribution in [2.45, 2.75) is 123 Å². The minimum atomic E-state index is -0.360. The molecule has 2 unspecified atom stereocenters. The predicted octanol–water partition coefficient (Wildman–Crippen LogP) is 7.15. The predicted molar refractivity (Wildman–Crippen MR) is 153 cm³/mol. The van der Waals surface area contributed by atoms with E-state index in [2.05, 4.69) is 33.4 Å². The average molecular weight is 545 g/mol. The molecular formula is C33H52O6. The van der Waals surface area contributed by atoms with E-state index in [4.69, 9.17) is 14.2 Å². The number of rotatable bonds is 13. The van der Waals surface area contributed by atoms with Crippen LogP contribution in [0.5, 0.6) is 0 Å². The van der Waals surface area contributed by atoms with Crippen LogP contribution >= 0.6 is 0 Å². The normalized spacial score (nSPS) is 30.8. The van der Waals surface area contributed by atoms with E-state index in [0.29, 0.717) is 30.1 Å². The van der Waals surface area contributed by atoms with Gasteiger partial charge in [0, 0.05) is 18.6 Å². The molecule has 0 N–H and O–H groups in total. The maximum Gasteiger partial charge on any atom is 0.330 e. The zero-order chi connectivity index (χ0) is 28.2. The second-order valence-corrected chi connectivity index (χ2v) is 12.4. The van der Waals surface area contributed by atoms with Gasteiger partial charge in [0.2, 0.25) is 0 Å². The molecule has 3 aliphatic rings. The van der Waals surface area contributed by atoms with Crippen molar-refractivity contribution < 1.29 is 28.6 Å².